The highest BCUT2D eigenvalue weighted by Gasteiger charge is 2.39. The summed E-state index contributed by atoms with van der Waals surface area (Å²) in [5.41, 5.74) is 1.79. The van der Waals surface area contributed by atoms with Crippen molar-refractivity contribution in [3.05, 3.63) is 81.9 Å². The van der Waals surface area contributed by atoms with E-state index in [-0.39, 0.29) is 18.1 Å². The van der Waals surface area contributed by atoms with Crippen LogP contribution in [-0.4, -0.2) is 29.9 Å². The molecular formula is C23H17FN2O4S. The number of carbonyl (C=O) groups is 2. The van der Waals surface area contributed by atoms with E-state index in [0.717, 1.165) is 0 Å². The van der Waals surface area contributed by atoms with Gasteiger partial charge < -0.3 is 14.8 Å². The van der Waals surface area contributed by atoms with Gasteiger partial charge in [0.2, 0.25) is 0 Å². The molecule has 3 heterocycles. The highest BCUT2D eigenvalue weighted by molar-refractivity contribution is 7.11. The largest absolute Gasteiger partial charge is 0.486 e. The Hall–Kier alpha value is -3.65. The third-order valence-corrected chi connectivity index (χ3v) is 5.89. The summed E-state index contributed by atoms with van der Waals surface area (Å²) in [7, 11) is 0. The number of nitrogens with zero attached hydrogens (tertiary/aromatic N) is 1. The minimum absolute atomic E-state index is 0.0547. The van der Waals surface area contributed by atoms with Crippen LogP contribution >= 0.6 is 11.3 Å². The monoisotopic (exact) mass is 436 g/mol. The lowest BCUT2D eigenvalue weighted by molar-refractivity contribution is -0.137. The quantitative estimate of drug-likeness (QED) is 0.612. The Balaban J connectivity index is 1.48. The van der Waals surface area contributed by atoms with Crippen LogP contribution in [0, 0.1) is 5.82 Å². The molecule has 1 N–H and O–H groups in total. The van der Waals surface area contributed by atoms with Crippen LogP contribution in [0.3, 0.4) is 0 Å². The Kier molecular flexibility index (Phi) is 4.91. The van der Waals surface area contributed by atoms with Crippen LogP contribution in [0.15, 0.2) is 65.7 Å². The number of benzene rings is 2. The van der Waals surface area contributed by atoms with Crippen LogP contribution in [0.1, 0.15) is 10.4 Å². The summed E-state index contributed by atoms with van der Waals surface area (Å²) in [4.78, 5) is 28.3. The fourth-order valence-corrected chi connectivity index (χ4v) is 4.29. The Morgan fingerprint density at radius 1 is 0.968 bits per heavy atom. The van der Waals surface area contributed by atoms with Gasteiger partial charge in [0.15, 0.2) is 11.5 Å². The van der Waals surface area contributed by atoms with Gasteiger partial charge in [-0.05, 0) is 41.3 Å². The molecule has 1 aromatic heterocycles. The molecule has 2 aliphatic rings. The Bertz CT molecular complexity index is 1190. The van der Waals surface area contributed by atoms with E-state index in [4.69, 9.17) is 9.47 Å². The molecular weight excluding hydrogens is 419 g/mol. The van der Waals surface area contributed by atoms with Gasteiger partial charge in [-0.2, -0.15) is 0 Å². The Labute approximate surface area is 181 Å². The van der Waals surface area contributed by atoms with Crippen molar-refractivity contribution in [1.29, 1.82) is 0 Å². The maximum absolute atomic E-state index is 13.2. The number of imide groups is 1. The van der Waals surface area contributed by atoms with Crippen LogP contribution < -0.4 is 14.8 Å². The van der Waals surface area contributed by atoms with Crippen LogP contribution in [0.25, 0.3) is 5.57 Å². The van der Waals surface area contributed by atoms with E-state index in [9.17, 15) is 14.0 Å². The average molecular weight is 436 g/mol. The smallest absolute Gasteiger partial charge is 0.278 e. The number of hydrogen-bond donors (Lipinski definition) is 1. The highest BCUT2D eigenvalue weighted by Crippen LogP contribution is 2.36. The van der Waals surface area contributed by atoms with Crippen LogP contribution in [0.2, 0.25) is 0 Å². The predicted octanol–water partition coefficient (Wildman–Crippen LogP) is 4.05. The second-order valence-corrected chi connectivity index (χ2v) is 7.98. The second-order valence-electron chi connectivity index (χ2n) is 7.03. The normalized spacial score (nSPS) is 15.6. The number of fused-ring (bicyclic) bond motifs is 1. The maximum Gasteiger partial charge on any atom is 0.278 e. The molecule has 0 unspecified atom stereocenters. The van der Waals surface area contributed by atoms with Crippen molar-refractivity contribution in [2.75, 3.05) is 18.5 Å². The molecule has 5 rings (SSSR count). The number of thiophene rings is 1. The highest BCUT2D eigenvalue weighted by atomic mass is 32.1. The van der Waals surface area contributed by atoms with E-state index >= 15 is 0 Å². The molecule has 2 amide bonds. The summed E-state index contributed by atoms with van der Waals surface area (Å²) in [5.74, 6) is 0.0103. The molecule has 8 heteroatoms. The van der Waals surface area contributed by atoms with E-state index in [2.05, 4.69) is 5.32 Å². The molecule has 0 spiro atoms. The first-order valence-corrected chi connectivity index (χ1v) is 10.5. The molecule has 6 nitrogen and oxygen atoms in total. The van der Waals surface area contributed by atoms with E-state index in [1.165, 1.54) is 28.4 Å². The molecule has 0 atom stereocenters. The molecule has 0 fully saturated rings. The molecule has 31 heavy (non-hydrogen) atoms. The molecule has 2 aromatic carbocycles. The fraction of sp³-hybridized carbons (Fsp3) is 0.130. The second kappa shape index (κ2) is 7.88. The van der Waals surface area contributed by atoms with Crippen LogP contribution in [-0.2, 0) is 16.1 Å². The molecule has 0 saturated carbocycles. The summed E-state index contributed by atoms with van der Waals surface area (Å²) in [6, 6.07) is 14.7. The number of halogens is 1. The minimum Gasteiger partial charge on any atom is -0.486 e. The zero-order chi connectivity index (χ0) is 21.4. The average Bonchev–Trinajstić information content (AvgIpc) is 3.38. The maximum atomic E-state index is 13.2. The molecule has 0 bridgehead atoms. The number of rotatable bonds is 5. The van der Waals surface area contributed by atoms with Crippen molar-refractivity contribution >= 4 is 34.4 Å². The van der Waals surface area contributed by atoms with Crippen LogP contribution in [0.5, 0.6) is 11.5 Å². The number of hydrogen-bond acceptors (Lipinski definition) is 6. The predicted molar refractivity (Wildman–Crippen MR) is 114 cm³/mol. The number of nitrogens with one attached hydrogen (secondary N) is 1. The van der Waals surface area contributed by atoms with Crippen LogP contribution in [0.4, 0.5) is 10.1 Å². The first kappa shape index (κ1) is 19.3. The van der Waals surface area contributed by atoms with Gasteiger partial charge in [-0.25, -0.2) is 4.39 Å². The van der Waals surface area contributed by atoms with Crippen molar-refractivity contribution in [2.24, 2.45) is 0 Å². The SMILES string of the molecule is O=C1C(Nc2ccc3c(c2)OCCO3)=C(c2cccs2)C(=O)N1Cc1ccc(F)cc1. The summed E-state index contributed by atoms with van der Waals surface area (Å²) >= 11 is 1.38. The van der Waals surface area contributed by atoms with Gasteiger partial charge >= 0.3 is 0 Å². The first-order valence-electron chi connectivity index (χ1n) is 9.65. The third kappa shape index (κ3) is 3.66. The molecule has 156 valence electrons. The number of carbonyl (C=O) groups excluding carboxylic acids is 2. The molecule has 0 radical (unpaired) electrons. The van der Waals surface area contributed by atoms with E-state index in [1.807, 2.05) is 11.4 Å². The summed E-state index contributed by atoms with van der Waals surface area (Å²) in [6.45, 7) is 0.986. The van der Waals surface area contributed by atoms with Crippen molar-refractivity contribution in [2.45, 2.75) is 6.54 Å². The lowest BCUT2D eigenvalue weighted by Gasteiger charge is -2.19. The molecule has 0 aliphatic carbocycles. The molecule has 0 saturated heterocycles. The van der Waals surface area contributed by atoms with Gasteiger partial charge in [-0.1, -0.05) is 18.2 Å². The van der Waals surface area contributed by atoms with Crippen molar-refractivity contribution < 1.29 is 23.5 Å². The lowest BCUT2D eigenvalue weighted by atomic mass is 10.1. The number of anilines is 1. The van der Waals surface area contributed by atoms with Gasteiger partial charge in [-0.3, -0.25) is 14.5 Å². The zero-order valence-electron chi connectivity index (χ0n) is 16.3. The Morgan fingerprint density at radius 3 is 2.48 bits per heavy atom. The van der Waals surface area contributed by atoms with E-state index in [0.29, 0.717) is 46.4 Å². The van der Waals surface area contributed by atoms with Gasteiger partial charge in [0.25, 0.3) is 11.8 Å². The van der Waals surface area contributed by atoms with Gasteiger partial charge in [0.05, 0.1) is 12.1 Å². The Morgan fingerprint density at radius 2 is 1.74 bits per heavy atom. The van der Waals surface area contributed by atoms with Crippen molar-refractivity contribution in [3.63, 3.8) is 0 Å². The summed E-state index contributed by atoms with van der Waals surface area (Å²) < 4.78 is 24.4. The van der Waals surface area contributed by atoms with Gasteiger partial charge in [0, 0.05) is 16.6 Å². The first-order chi connectivity index (χ1) is 15.1. The fourth-order valence-electron chi connectivity index (χ4n) is 3.52. The van der Waals surface area contributed by atoms with Crippen molar-refractivity contribution in [1.82, 2.24) is 4.90 Å². The van der Waals surface area contributed by atoms with Crippen molar-refractivity contribution in [3.8, 4) is 11.5 Å². The topological polar surface area (TPSA) is 67.9 Å². The standard InChI is InChI=1S/C23H17FN2O4S/c24-15-5-3-14(4-6-15)13-26-22(27)20(19-2-1-11-31-19)21(23(26)28)25-16-7-8-17-18(12-16)30-10-9-29-17/h1-8,11-12,25H,9-10,13H2. The number of amides is 2. The zero-order valence-corrected chi connectivity index (χ0v) is 17.1. The molecule has 2 aliphatic heterocycles. The minimum atomic E-state index is -0.437. The summed E-state index contributed by atoms with van der Waals surface area (Å²) in [5, 5.41) is 4.96. The van der Waals surface area contributed by atoms with E-state index < -0.39 is 11.8 Å². The van der Waals surface area contributed by atoms with Gasteiger partial charge in [0.1, 0.15) is 24.7 Å². The molecule has 3 aromatic rings. The third-order valence-electron chi connectivity index (χ3n) is 5.00. The summed E-state index contributed by atoms with van der Waals surface area (Å²) in [6.07, 6.45) is 0. The number of ether oxygens (including phenoxy) is 2. The van der Waals surface area contributed by atoms with E-state index in [1.54, 1.807) is 36.4 Å². The van der Waals surface area contributed by atoms with Gasteiger partial charge in [-0.15, -0.1) is 11.3 Å². The lowest BCUT2D eigenvalue weighted by Crippen LogP contribution is -2.32.